The third kappa shape index (κ3) is 4.96. The van der Waals surface area contributed by atoms with E-state index in [1.807, 2.05) is 31.2 Å². The second-order valence-corrected chi connectivity index (χ2v) is 5.66. The van der Waals surface area contributed by atoms with Crippen molar-refractivity contribution in [3.8, 4) is 0 Å². The van der Waals surface area contributed by atoms with Crippen molar-refractivity contribution >= 4 is 27.8 Å². The van der Waals surface area contributed by atoms with E-state index in [0.29, 0.717) is 6.42 Å². The molecule has 1 atom stereocenters. The molecule has 5 heteroatoms. The summed E-state index contributed by atoms with van der Waals surface area (Å²) < 4.78 is 0.999. The molecule has 0 aliphatic rings. The molecule has 0 saturated carbocycles. The molecule has 110 valence electrons. The molecular weight excluding hydrogens is 322 g/mol. The van der Waals surface area contributed by atoms with E-state index in [0.717, 1.165) is 16.5 Å². The van der Waals surface area contributed by atoms with Gasteiger partial charge in [0.1, 0.15) is 0 Å². The van der Waals surface area contributed by atoms with E-state index in [-0.39, 0.29) is 24.8 Å². The molecule has 0 fully saturated rings. The first-order valence-electron chi connectivity index (χ1n) is 6.65. The number of carboxylic acid groups (broad SMARTS) is 1. The summed E-state index contributed by atoms with van der Waals surface area (Å²) in [6.07, 6.45) is 1.37. The number of aliphatic carboxylic acids is 1. The van der Waals surface area contributed by atoms with Gasteiger partial charge in [0.2, 0.25) is 5.91 Å². The van der Waals surface area contributed by atoms with Crippen LogP contribution in [0.25, 0.3) is 0 Å². The average molecular weight is 342 g/mol. The van der Waals surface area contributed by atoms with Crippen LogP contribution >= 0.6 is 15.9 Å². The van der Waals surface area contributed by atoms with Gasteiger partial charge in [-0.15, -0.1) is 0 Å². The summed E-state index contributed by atoms with van der Waals surface area (Å²) in [5.41, 5.74) is 1.10. The molecule has 1 N–H and O–H groups in total. The fraction of sp³-hybridized carbons (Fsp3) is 0.467. The van der Waals surface area contributed by atoms with Gasteiger partial charge in [0, 0.05) is 24.0 Å². The second-order valence-electron chi connectivity index (χ2n) is 4.80. The van der Waals surface area contributed by atoms with Crippen LogP contribution in [-0.2, 0) is 16.0 Å². The highest BCUT2D eigenvalue weighted by molar-refractivity contribution is 9.10. The zero-order valence-electron chi connectivity index (χ0n) is 11.8. The Bertz CT molecular complexity index is 476. The molecule has 1 unspecified atom stereocenters. The quantitative estimate of drug-likeness (QED) is 0.829. The summed E-state index contributed by atoms with van der Waals surface area (Å²) in [7, 11) is 1.66. The molecule has 0 aromatic heterocycles. The number of amides is 1. The van der Waals surface area contributed by atoms with Crippen LogP contribution in [0.5, 0.6) is 0 Å². The fourth-order valence-electron chi connectivity index (χ4n) is 2.02. The van der Waals surface area contributed by atoms with Crippen LogP contribution in [0, 0.1) is 5.92 Å². The first-order chi connectivity index (χ1) is 9.45. The van der Waals surface area contributed by atoms with Crippen molar-refractivity contribution in [1.82, 2.24) is 4.90 Å². The number of hydrogen-bond acceptors (Lipinski definition) is 2. The standard InChI is InChI=1S/C15H20BrNO3/c1-3-11(10-12-6-4-5-7-13(12)16)15(20)17(2)9-8-14(18)19/h4-7,11H,3,8-10H2,1-2H3,(H,18,19). The predicted molar refractivity (Wildman–Crippen MR) is 81.5 cm³/mol. The lowest BCUT2D eigenvalue weighted by atomic mass is 9.95. The third-order valence-corrected chi connectivity index (χ3v) is 4.08. The number of carbonyl (C=O) groups excluding carboxylic acids is 1. The molecule has 4 nitrogen and oxygen atoms in total. The van der Waals surface area contributed by atoms with E-state index in [1.165, 1.54) is 4.90 Å². The second kappa shape index (κ2) is 8.04. The number of carboxylic acids is 1. The number of hydrogen-bond donors (Lipinski definition) is 1. The van der Waals surface area contributed by atoms with Crippen molar-refractivity contribution in [1.29, 1.82) is 0 Å². The molecule has 0 bridgehead atoms. The minimum atomic E-state index is -0.886. The lowest BCUT2D eigenvalue weighted by Gasteiger charge is -2.23. The number of benzene rings is 1. The predicted octanol–water partition coefficient (Wildman–Crippen LogP) is 2.95. The molecule has 0 spiro atoms. The van der Waals surface area contributed by atoms with Gasteiger partial charge < -0.3 is 10.0 Å². The molecule has 0 heterocycles. The van der Waals surface area contributed by atoms with Crippen LogP contribution in [-0.4, -0.2) is 35.5 Å². The lowest BCUT2D eigenvalue weighted by molar-refractivity contribution is -0.139. The zero-order chi connectivity index (χ0) is 15.1. The Balaban J connectivity index is 2.68. The summed E-state index contributed by atoms with van der Waals surface area (Å²) in [5.74, 6) is -1.000. The van der Waals surface area contributed by atoms with E-state index in [9.17, 15) is 9.59 Å². The molecular formula is C15H20BrNO3. The van der Waals surface area contributed by atoms with Crippen LogP contribution in [0.2, 0.25) is 0 Å². The fourth-order valence-corrected chi connectivity index (χ4v) is 2.47. The highest BCUT2D eigenvalue weighted by atomic mass is 79.9. The van der Waals surface area contributed by atoms with Gasteiger partial charge in [0.15, 0.2) is 0 Å². The van der Waals surface area contributed by atoms with Crippen molar-refractivity contribution in [2.45, 2.75) is 26.2 Å². The van der Waals surface area contributed by atoms with Crippen molar-refractivity contribution in [3.05, 3.63) is 34.3 Å². The van der Waals surface area contributed by atoms with Gasteiger partial charge in [0.05, 0.1) is 6.42 Å². The van der Waals surface area contributed by atoms with Gasteiger partial charge in [-0.3, -0.25) is 9.59 Å². The van der Waals surface area contributed by atoms with Gasteiger partial charge in [0.25, 0.3) is 0 Å². The van der Waals surface area contributed by atoms with Gasteiger partial charge in [-0.05, 0) is 24.5 Å². The van der Waals surface area contributed by atoms with Crippen molar-refractivity contribution in [3.63, 3.8) is 0 Å². The number of halogens is 1. The van der Waals surface area contributed by atoms with Crippen molar-refractivity contribution in [2.75, 3.05) is 13.6 Å². The Hall–Kier alpha value is -1.36. The maximum atomic E-state index is 12.3. The Labute approximate surface area is 127 Å². The van der Waals surface area contributed by atoms with Crippen LogP contribution < -0.4 is 0 Å². The van der Waals surface area contributed by atoms with E-state index >= 15 is 0 Å². The first kappa shape index (κ1) is 16.7. The van der Waals surface area contributed by atoms with Crippen LogP contribution in [0.4, 0.5) is 0 Å². The molecule has 0 saturated heterocycles. The van der Waals surface area contributed by atoms with Gasteiger partial charge in [-0.2, -0.15) is 0 Å². The summed E-state index contributed by atoms with van der Waals surface area (Å²) in [6, 6.07) is 7.85. The van der Waals surface area contributed by atoms with E-state index in [4.69, 9.17) is 5.11 Å². The van der Waals surface area contributed by atoms with E-state index in [2.05, 4.69) is 15.9 Å². The normalized spacial score (nSPS) is 11.9. The molecule has 0 radical (unpaired) electrons. The van der Waals surface area contributed by atoms with Crippen LogP contribution in [0.3, 0.4) is 0 Å². The number of rotatable bonds is 7. The molecule has 1 aromatic carbocycles. The molecule has 1 amide bonds. The van der Waals surface area contributed by atoms with Crippen LogP contribution in [0.1, 0.15) is 25.3 Å². The smallest absolute Gasteiger partial charge is 0.305 e. The monoisotopic (exact) mass is 341 g/mol. The maximum absolute atomic E-state index is 12.3. The van der Waals surface area contributed by atoms with Gasteiger partial charge >= 0.3 is 5.97 Å². The molecule has 0 aliphatic heterocycles. The maximum Gasteiger partial charge on any atom is 0.305 e. The Kier molecular flexibility index (Phi) is 6.71. The topological polar surface area (TPSA) is 57.6 Å². The zero-order valence-corrected chi connectivity index (χ0v) is 13.4. The highest BCUT2D eigenvalue weighted by Crippen LogP contribution is 2.22. The third-order valence-electron chi connectivity index (χ3n) is 3.30. The lowest BCUT2D eigenvalue weighted by Crippen LogP contribution is -2.35. The average Bonchev–Trinajstić information content (AvgIpc) is 2.43. The number of nitrogens with zero attached hydrogens (tertiary/aromatic N) is 1. The first-order valence-corrected chi connectivity index (χ1v) is 7.45. The number of carbonyl (C=O) groups is 2. The summed E-state index contributed by atoms with van der Waals surface area (Å²) in [5, 5.41) is 8.67. The Morgan fingerprint density at radius 3 is 2.55 bits per heavy atom. The van der Waals surface area contributed by atoms with Crippen molar-refractivity contribution in [2.24, 2.45) is 5.92 Å². The molecule has 1 rings (SSSR count). The highest BCUT2D eigenvalue weighted by Gasteiger charge is 2.21. The Morgan fingerprint density at radius 1 is 1.35 bits per heavy atom. The minimum absolute atomic E-state index is 0.00417. The largest absolute Gasteiger partial charge is 0.481 e. The SMILES string of the molecule is CCC(Cc1ccccc1Br)C(=O)N(C)CCC(=O)O. The van der Waals surface area contributed by atoms with E-state index in [1.54, 1.807) is 7.05 Å². The van der Waals surface area contributed by atoms with Crippen LogP contribution in [0.15, 0.2) is 28.7 Å². The summed E-state index contributed by atoms with van der Waals surface area (Å²) >= 11 is 3.49. The van der Waals surface area contributed by atoms with Gasteiger partial charge in [-0.25, -0.2) is 0 Å². The summed E-state index contributed by atoms with van der Waals surface area (Å²) in [6.45, 7) is 2.23. The van der Waals surface area contributed by atoms with Gasteiger partial charge in [-0.1, -0.05) is 41.1 Å². The molecule has 1 aromatic rings. The molecule has 20 heavy (non-hydrogen) atoms. The van der Waals surface area contributed by atoms with Crippen molar-refractivity contribution < 1.29 is 14.7 Å². The Morgan fingerprint density at radius 2 is 2.00 bits per heavy atom. The molecule has 0 aliphatic carbocycles. The minimum Gasteiger partial charge on any atom is -0.481 e. The summed E-state index contributed by atoms with van der Waals surface area (Å²) in [4.78, 5) is 24.4. The van der Waals surface area contributed by atoms with E-state index < -0.39 is 5.97 Å².